The number of nitrogens with one attached hydrogen (secondary N) is 3. The Balaban J connectivity index is 1.25. The Morgan fingerprint density at radius 2 is 1.87 bits per heavy atom. The van der Waals surface area contributed by atoms with E-state index in [1.807, 2.05) is 37.6 Å². The van der Waals surface area contributed by atoms with Gasteiger partial charge < -0.3 is 60.2 Å². The van der Waals surface area contributed by atoms with Crippen molar-refractivity contribution in [3.63, 3.8) is 0 Å². The van der Waals surface area contributed by atoms with Crippen LogP contribution in [0.4, 0.5) is 0 Å². The van der Waals surface area contributed by atoms with Gasteiger partial charge in [0.2, 0.25) is 23.1 Å². The number of fused-ring (bicyclic) bond motifs is 2. The third-order valence-electron chi connectivity index (χ3n) is 12.6. The van der Waals surface area contributed by atoms with Gasteiger partial charge in [-0.3, -0.25) is 19.7 Å². The number of carbonyl (C=O) groups excluding carboxylic acids is 2. The molecule has 0 spiro atoms. The summed E-state index contributed by atoms with van der Waals surface area (Å²) in [5.41, 5.74) is 2.19. The van der Waals surface area contributed by atoms with E-state index in [0.717, 1.165) is 47.4 Å². The molecule has 2 saturated heterocycles. The second-order valence-electron chi connectivity index (χ2n) is 16.6. The molecule has 0 saturated carbocycles. The normalized spacial score (nSPS) is 26.5. The second-order valence-corrected chi connectivity index (χ2v) is 19.1. The van der Waals surface area contributed by atoms with Crippen molar-refractivity contribution in [2.24, 2.45) is 17.6 Å². The van der Waals surface area contributed by atoms with Crippen LogP contribution in [-0.2, 0) is 25.5 Å². The smallest absolute Gasteiger partial charge is 0.335 e. The molecule has 5 aromatic rings. The van der Waals surface area contributed by atoms with Gasteiger partial charge in [-0.25, -0.2) is 4.79 Å². The number of nitrogens with two attached hydrogens (primary N) is 1. The third-order valence-corrected chi connectivity index (χ3v) is 14.6. The number of aryl methyl sites for hydroxylation is 1. The van der Waals surface area contributed by atoms with Crippen molar-refractivity contribution < 1.29 is 58.5 Å². The molecule has 4 heterocycles. The number of aromatic amines is 1. The minimum atomic E-state index is -3.09. The van der Waals surface area contributed by atoms with Crippen LogP contribution >= 0.6 is 21.6 Å². The molecule has 17 nitrogen and oxygen atoms in total. The fourth-order valence-corrected chi connectivity index (χ4v) is 10.9. The highest BCUT2D eigenvalue weighted by Crippen LogP contribution is 2.46. The minimum absolute atomic E-state index is 0.0284. The molecule has 2 aromatic heterocycles. The molecule has 9 unspecified atom stereocenters. The predicted molar refractivity (Wildman–Crippen MR) is 253 cm³/mol. The van der Waals surface area contributed by atoms with E-state index in [9.17, 15) is 44.7 Å². The summed E-state index contributed by atoms with van der Waals surface area (Å²) in [4.78, 5) is 55.7. The van der Waals surface area contributed by atoms with Crippen LogP contribution in [0.25, 0.3) is 28.2 Å². The van der Waals surface area contributed by atoms with Crippen LogP contribution in [0.2, 0.25) is 0 Å². The number of aliphatic hydroxyl groups excluding tert-OH is 2. The lowest BCUT2D eigenvalue weighted by Crippen LogP contribution is -2.82. The molecule has 10 N–H and O–H groups in total. The number of aliphatic hydroxyl groups is 3. The van der Waals surface area contributed by atoms with Crippen molar-refractivity contribution in [1.29, 1.82) is 0 Å². The number of H-pyrrole nitrogens is 1. The number of carboxylic acids is 1. The number of phenols is 1. The Kier molecular flexibility index (Phi) is 16.0. The Morgan fingerprint density at radius 3 is 2.57 bits per heavy atom. The summed E-state index contributed by atoms with van der Waals surface area (Å²) in [6.45, 7) is 3.01. The van der Waals surface area contributed by atoms with E-state index in [1.54, 1.807) is 0 Å². The maximum atomic E-state index is 13.9. The Hall–Kier alpha value is -5.48. The van der Waals surface area contributed by atoms with Gasteiger partial charge in [0.25, 0.3) is 5.91 Å². The number of aldehydes is 1. The molecule has 1 amide bonds. The number of benzene rings is 3. The highest BCUT2D eigenvalue weighted by molar-refractivity contribution is 8.76. The van der Waals surface area contributed by atoms with Crippen molar-refractivity contribution in [3.05, 3.63) is 124 Å². The van der Waals surface area contributed by atoms with Gasteiger partial charge in [0.1, 0.15) is 35.4 Å². The average Bonchev–Trinajstić information content (AvgIpc) is 3.85. The Bertz CT molecular complexity index is 2610. The third kappa shape index (κ3) is 10.2. The van der Waals surface area contributed by atoms with E-state index in [-0.39, 0.29) is 70.1 Å². The van der Waals surface area contributed by atoms with Gasteiger partial charge in [0, 0.05) is 30.8 Å². The molecule has 7 rings (SSSR count). The largest absolute Gasteiger partial charge is 0.508 e. The van der Waals surface area contributed by atoms with Crippen LogP contribution in [0.1, 0.15) is 52.9 Å². The SMILES string of the molecule is CNCCCc1ccccc1C=CCC(C)C1CNC(O)C2(O)C(Oc3ccc4c(=O)c(-c5ccc(O)cc5)c(C(N)=O)oc4c3)OC(C(=O)O)C(O)C2(C=O)OCSSCC1c1cc[nH]c1. The number of ether oxygens (including phenoxy) is 3. The Morgan fingerprint density at radius 1 is 1.09 bits per heavy atom. The number of amides is 1. The lowest BCUT2D eigenvalue weighted by atomic mass is 9.72. The van der Waals surface area contributed by atoms with Crippen LogP contribution in [0.5, 0.6) is 11.5 Å². The summed E-state index contributed by atoms with van der Waals surface area (Å²) in [6, 6.07) is 19.3. The highest BCUT2D eigenvalue weighted by Gasteiger charge is 2.72. The highest BCUT2D eigenvalue weighted by atomic mass is 33.1. The molecule has 2 aliphatic rings. The number of carbonyl (C=O) groups is 3. The Labute approximate surface area is 393 Å². The van der Waals surface area contributed by atoms with E-state index in [0.29, 0.717) is 12.2 Å². The number of aromatic nitrogens is 1. The fourth-order valence-electron chi connectivity index (χ4n) is 8.86. The van der Waals surface area contributed by atoms with Crippen molar-refractivity contribution in [3.8, 4) is 22.6 Å². The zero-order chi connectivity index (χ0) is 47.9. The lowest BCUT2D eigenvalue weighted by molar-refractivity contribution is -0.364. The first-order valence-corrected chi connectivity index (χ1v) is 24.2. The molecule has 0 radical (unpaired) electrons. The van der Waals surface area contributed by atoms with E-state index >= 15 is 0 Å². The van der Waals surface area contributed by atoms with Gasteiger partial charge in [-0.1, -0.05) is 77.1 Å². The predicted octanol–water partition coefficient (Wildman–Crippen LogP) is 4.38. The van der Waals surface area contributed by atoms with Crippen molar-refractivity contribution in [2.75, 3.05) is 31.8 Å². The van der Waals surface area contributed by atoms with E-state index in [4.69, 9.17) is 24.4 Å². The molecule has 2 aliphatic heterocycles. The number of hydrogen-bond acceptors (Lipinski definition) is 16. The molecule has 0 aliphatic carbocycles. The molecule has 67 heavy (non-hydrogen) atoms. The van der Waals surface area contributed by atoms with Crippen molar-refractivity contribution in [1.82, 2.24) is 15.6 Å². The van der Waals surface area contributed by atoms with Gasteiger partial charge in [0.15, 0.2) is 18.0 Å². The van der Waals surface area contributed by atoms with Gasteiger partial charge >= 0.3 is 5.97 Å². The molecule has 0 bridgehead atoms. The van der Waals surface area contributed by atoms with Crippen molar-refractivity contribution in [2.45, 2.75) is 68.0 Å². The number of aromatic hydroxyl groups is 1. The second kappa shape index (κ2) is 21.6. The van der Waals surface area contributed by atoms with Crippen LogP contribution in [-0.4, -0.2) is 116 Å². The first-order valence-electron chi connectivity index (χ1n) is 21.7. The maximum Gasteiger partial charge on any atom is 0.335 e. The quantitative estimate of drug-likeness (QED) is 0.0400. The zero-order valence-corrected chi connectivity index (χ0v) is 38.3. The van der Waals surface area contributed by atoms with Crippen LogP contribution < -0.4 is 26.5 Å². The molecule has 3 aromatic carbocycles. The average molecular weight is 959 g/mol. The molecule has 2 fully saturated rings. The number of phenolic OH excluding ortho intramolecular Hbond substituents is 1. The lowest BCUT2D eigenvalue weighted by Gasteiger charge is -2.55. The fraction of sp³-hybridized carbons (Fsp3) is 0.375. The monoisotopic (exact) mass is 958 g/mol. The van der Waals surface area contributed by atoms with Crippen LogP contribution in [0.3, 0.4) is 0 Å². The summed E-state index contributed by atoms with van der Waals surface area (Å²) < 4.78 is 23.8. The van der Waals surface area contributed by atoms with E-state index < -0.39 is 59.0 Å². The van der Waals surface area contributed by atoms with Crippen molar-refractivity contribution >= 4 is 56.8 Å². The van der Waals surface area contributed by atoms with Gasteiger partial charge in [-0.2, -0.15) is 0 Å². The summed E-state index contributed by atoms with van der Waals surface area (Å²) in [5.74, 6) is -3.91. The summed E-state index contributed by atoms with van der Waals surface area (Å²) in [5, 5.41) is 63.1. The first kappa shape index (κ1) is 49.4. The topological polar surface area (TPSA) is 276 Å². The number of primary amides is 1. The number of rotatable bonds is 15. The molecular weight excluding hydrogens is 905 g/mol. The van der Waals surface area contributed by atoms with Gasteiger partial charge in [-0.15, -0.1) is 0 Å². The van der Waals surface area contributed by atoms with Gasteiger partial charge in [-0.05, 0) is 103 Å². The number of aliphatic carboxylic acids is 1. The number of carboxylic acid groups (broad SMARTS) is 1. The van der Waals surface area contributed by atoms with E-state index in [2.05, 4.69) is 46.8 Å². The standard InChI is InChI=1S/C48H54N4O13S2/c1-27(7-5-10-28-8-3-4-9-29(28)11-6-19-50-2)35-23-52-45(60)48(61)46(65-41(44(58)59)42(56)47(48,25-53)62-26-67-66-24-36(35)31-18-20-51-22-31)63-33-16-17-34-37(21-33)64-40(43(49)57)38(39(34)55)30-12-14-32(54)15-13-30/h3-5,8-10,12-18,20-22,25,27,35-36,41-42,45-46,50-52,54,56,60-61H,6-7,11,19,23-24,26H2,1-2H3,(H2,49,57)(H,58,59). The van der Waals surface area contributed by atoms with Crippen LogP contribution in [0, 0.1) is 11.8 Å². The summed E-state index contributed by atoms with van der Waals surface area (Å²) in [7, 11) is 4.51. The maximum absolute atomic E-state index is 13.9. The summed E-state index contributed by atoms with van der Waals surface area (Å²) >= 11 is 0. The van der Waals surface area contributed by atoms with Crippen LogP contribution in [0.15, 0.2) is 100 Å². The molecular formula is C48H54N4O13S2. The van der Waals surface area contributed by atoms with E-state index in [1.165, 1.54) is 52.8 Å². The number of allylic oxidation sites excluding steroid dienone is 1. The molecule has 19 heteroatoms. The van der Waals surface area contributed by atoms with Gasteiger partial charge in [0.05, 0.1) is 10.9 Å². The molecule has 356 valence electrons. The number of hydrogen-bond donors (Lipinski definition) is 9. The zero-order valence-electron chi connectivity index (χ0n) is 36.7. The summed E-state index contributed by atoms with van der Waals surface area (Å²) in [6.07, 6.45) is 1.45. The molecule has 9 atom stereocenters. The minimum Gasteiger partial charge on any atom is -0.508 e. The first-order chi connectivity index (χ1) is 32.2.